The number of nitrogens with one attached hydrogen (secondary N) is 1. The second kappa shape index (κ2) is 9.35. The fraction of sp³-hybridized carbons (Fsp3) is 0.938. The maximum absolute atomic E-state index is 11.9. The Hall–Kier alpha value is -0.610. The molecule has 0 amide bonds. The molecule has 1 rings (SSSR count). The Morgan fingerprint density at radius 2 is 2.00 bits per heavy atom. The van der Waals surface area contributed by atoms with Gasteiger partial charge in [0.1, 0.15) is 5.54 Å². The van der Waals surface area contributed by atoms with E-state index >= 15 is 0 Å². The molecule has 0 saturated heterocycles. The van der Waals surface area contributed by atoms with Crippen molar-refractivity contribution in [1.29, 1.82) is 0 Å². The van der Waals surface area contributed by atoms with Gasteiger partial charge in [0.2, 0.25) is 0 Å². The first kappa shape index (κ1) is 17.4. The highest BCUT2D eigenvalue weighted by molar-refractivity contribution is 5.80. The first-order valence-electron chi connectivity index (χ1n) is 8.07. The van der Waals surface area contributed by atoms with Crippen LogP contribution in [0.3, 0.4) is 0 Å². The van der Waals surface area contributed by atoms with Gasteiger partial charge in [-0.15, -0.1) is 0 Å². The maximum atomic E-state index is 11.9. The monoisotopic (exact) mass is 285 g/mol. The van der Waals surface area contributed by atoms with Gasteiger partial charge in [-0.2, -0.15) is 0 Å². The summed E-state index contributed by atoms with van der Waals surface area (Å²) < 4.78 is 10.8. The van der Waals surface area contributed by atoms with E-state index in [0.717, 1.165) is 38.8 Å². The molecule has 0 heterocycles. The summed E-state index contributed by atoms with van der Waals surface area (Å²) in [6.07, 6.45) is 9.35. The molecule has 0 bridgehead atoms. The predicted octanol–water partition coefficient (Wildman–Crippen LogP) is 3.05. The highest BCUT2D eigenvalue weighted by Gasteiger charge is 2.32. The van der Waals surface area contributed by atoms with E-state index in [-0.39, 0.29) is 5.97 Å². The van der Waals surface area contributed by atoms with Crippen molar-refractivity contribution in [2.75, 3.05) is 20.3 Å². The molecule has 0 aliphatic heterocycles. The molecule has 1 unspecified atom stereocenters. The van der Waals surface area contributed by atoms with Crippen molar-refractivity contribution >= 4 is 5.97 Å². The Morgan fingerprint density at radius 1 is 1.30 bits per heavy atom. The lowest BCUT2D eigenvalue weighted by molar-refractivity contribution is -0.148. The van der Waals surface area contributed by atoms with Crippen LogP contribution in [-0.2, 0) is 14.3 Å². The largest absolute Gasteiger partial charge is 0.468 e. The molecule has 0 aromatic heterocycles. The van der Waals surface area contributed by atoms with Crippen LogP contribution in [0.5, 0.6) is 0 Å². The van der Waals surface area contributed by atoms with Gasteiger partial charge >= 0.3 is 5.97 Å². The summed E-state index contributed by atoms with van der Waals surface area (Å²) >= 11 is 0. The van der Waals surface area contributed by atoms with Crippen LogP contribution in [-0.4, -0.2) is 37.9 Å². The number of hydrogen-bond acceptors (Lipinski definition) is 4. The zero-order chi connectivity index (χ0) is 14.8. The molecule has 1 fully saturated rings. The maximum Gasteiger partial charge on any atom is 0.325 e. The normalized spacial score (nSPS) is 18.9. The van der Waals surface area contributed by atoms with Crippen LogP contribution in [0.4, 0.5) is 0 Å². The highest BCUT2D eigenvalue weighted by atomic mass is 16.5. The van der Waals surface area contributed by atoms with Gasteiger partial charge in [0, 0.05) is 6.61 Å². The minimum Gasteiger partial charge on any atom is -0.468 e. The van der Waals surface area contributed by atoms with E-state index < -0.39 is 5.54 Å². The lowest BCUT2D eigenvalue weighted by Crippen LogP contribution is -2.50. The van der Waals surface area contributed by atoms with E-state index in [9.17, 15) is 4.79 Å². The Labute approximate surface area is 123 Å². The lowest BCUT2D eigenvalue weighted by Gasteiger charge is -2.28. The third kappa shape index (κ3) is 5.80. The SMILES string of the molecule is CCCNC(C)(CCCCOC1CCCC1)C(=O)OC. The number of carbonyl (C=O) groups is 1. The zero-order valence-corrected chi connectivity index (χ0v) is 13.4. The summed E-state index contributed by atoms with van der Waals surface area (Å²) in [6, 6.07) is 0. The molecule has 1 aliphatic rings. The zero-order valence-electron chi connectivity index (χ0n) is 13.4. The average Bonchev–Trinajstić information content (AvgIpc) is 2.97. The van der Waals surface area contributed by atoms with Crippen LogP contribution in [0.1, 0.15) is 65.2 Å². The average molecular weight is 285 g/mol. The van der Waals surface area contributed by atoms with Crippen molar-refractivity contribution in [2.24, 2.45) is 0 Å². The summed E-state index contributed by atoms with van der Waals surface area (Å²) in [7, 11) is 1.46. The van der Waals surface area contributed by atoms with Crippen LogP contribution < -0.4 is 5.32 Å². The van der Waals surface area contributed by atoms with Crippen LogP contribution >= 0.6 is 0 Å². The summed E-state index contributed by atoms with van der Waals surface area (Å²) in [5.41, 5.74) is -0.557. The van der Waals surface area contributed by atoms with Gasteiger partial charge in [0.25, 0.3) is 0 Å². The van der Waals surface area contributed by atoms with Gasteiger partial charge in [0.05, 0.1) is 13.2 Å². The number of unbranched alkanes of at least 4 members (excludes halogenated alkanes) is 1. The third-order valence-electron chi connectivity index (χ3n) is 4.13. The van der Waals surface area contributed by atoms with Gasteiger partial charge in [-0.3, -0.25) is 4.79 Å². The van der Waals surface area contributed by atoms with E-state index in [2.05, 4.69) is 12.2 Å². The second-order valence-corrected chi connectivity index (χ2v) is 5.98. The van der Waals surface area contributed by atoms with Crippen LogP contribution in [0.25, 0.3) is 0 Å². The molecule has 1 aliphatic carbocycles. The first-order chi connectivity index (χ1) is 9.62. The molecule has 4 heteroatoms. The summed E-state index contributed by atoms with van der Waals surface area (Å²) in [5.74, 6) is -0.164. The van der Waals surface area contributed by atoms with Gasteiger partial charge < -0.3 is 14.8 Å². The van der Waals surface area contributed by atoms with Gasteiger partial charge in [0.15, 0.2) is 0 Å². The molecule has 1 N–H and O–H groups in total. The first-order valence-corrected chi connectivity index (χ1v) is 8.07. The number of esters is 1. The van der Waals surface area contributed by atoms with Gasteiger partial charge in [-0.05, 0) is 52.0 Å². The fourth-order valence-corrected chi connectivity index (χ4v) is 2.77. The van der Waals surface area contributed by atoms with E-state index in [1.165, 1.54) is 32.8 Å². The van der Waals surface area contributed by atoms with Crippen molar-refractivity contribution in [3.8, 4) is 0 Å². The summed E-state index contributed by atoms with van der Waals surface area (Å²) in [4.78, 5) is 11.9. The van der Waals surface area contributed by atoms with Gasteiger partial charge in [-0.1, -0.05) is 19.8 Å². The van der Waals surface area contributed by atoms with Crippen molar-refractivity contribution in [3.05, 3.63) is 0 Å². The molecule has 1 saturated carbocycles. The van der Waals surface area contributed by atoms with E-state index in [1.54, 1.807) is 0 Å². The topological polar surface area (TPSA) is 47.6 Å². The molecular weight excluding hydrogens is 254 g/mol. The molecule has 0 radical (unpaired) electrons. The molecule has 0 spiro atoms. The lowest BCUT2D eigenvalue weighted by atomic mass is 9.94. The molecule has 4 nitrogen and oxygen atoms in total. The van der Waals surface area contributed by atoms with Crippen LogP contribution in [0, 0.1) is 0 Å². The van der Waals surface area contributed by atoms with Crippen molar-refractivity contribution in [3.63, 3.8) is 0 Å². The highest BCUT2D eigenvalue weighted by Crippen LogP contribution is 2.21. The number of rotatable bonds is 10. The number of ether oxygens (including phenoxy) is 2. The quantitative estimate of drug-likeness (QED) is 0.495. The Kier molecular flexibility index (Phi) is 8.15. The standard InChI is InChI=1S/C16H31NO3/c1-4-12-17-16(2,15(18)19-3)11-7-8-13-20-14-9-5-6-10-14/h14,17H,4-13H2,1-3H3. The summed E-state index contributed by atoms with van der Waals surface area (Å²) in [6.45, 7) is 5.69. The van der Waals surface area contributed by atoms with Crippen LogP contribution in [0.15, 0.2) is 0 Å². The fourth-order valence-electron chi connectivity index (χ4n) is 2.77. The van der Waals surface area contributed by atoms with Crippen LogP contribution in [0.2, 0.25) is 0 Å². The van der Waals surface area contributed by atoms with E-state index in [4.69, 9.17) is 9.47 Å². The van der Waals surface area contributed by atoms with Crippen molar-refractivity contribution < 1.29 is 14.3 Å². The molecule has 20 heavy (non-hydrogen) atoms. The Morgan fingerprint density at radius 3 is 2.60 bits per heavy atom. The third-order valence-corrected chi connectivity index (χ3v) is 4.13. The summed E-state index contributed by atoms with van der Waals surface area (Å²) in [5, 5.41) is 3.31. The molecule has 1 atom stereocenters. The molecule has 0 aromatic carbocycles. The van der Waals surface area contributed by atoms with Crippen molar-refractivity contribution in [2.45, 2.75) is 76.9 Å². The van der Waals surface area contributed by atoms with E-state index in [1.807, 2.05) is 6.92 Å². The number of methoxy groups -OCH3 is 1. The van der Waals surface area contributed by atoms with Crippen molar-refractivity contribution in [1.82, 2.24) is 5.32 Å². The minimum atomic E-state index is -0.557. The number of hydrogen-bond donors (Lipinski definition) is 1. The minimum absolute atomic E-state index is 0.164. The Bertz CT molecular complexity index is 277. The second-order valence-electron chi connectivity index (χ2n) is 5.98. The predicted molar refractivity (Wildman–Crippen MR) is 80.8 cm³/mol. The Balaban J connectivity index is 2.21. The molecular formula is C16H31NO3. The number of carbonyl (C=O) groups excluding carboxylic acids is 1. The molecule has 0 aromatic rings. The van der Waals surface area contributed by atoms with E-state index in [0.29, 0.717) is 6.10 Å². The molecule has 118 valence electrons. The van der Waals surface area contributed by atoms with Gasteiger partial charge in [-0.25, -0.2) is 0 Å². The smallest absolute Gasteiger partial charge is 0.325 e.